The first-order chi connectivity index (χ1) is 8.92. The number of nitrogens with zero attached hydrogens (tertiary/aromatic N) is 1. The van der Waals surface area contributed by atoms with Crippen LogP contribution in [0.4, 0.5) is 0 Å². The van der Waals surface area contributed by atoms with Crippen molar-refractivity contribution in [3.8, 4) is 0 Å². The molecule has 1 fully saturated rings. The summed E-state index contributed by atoms with van der Waals surface area (Å²) in [6.45, 7) is 0. The monoisotopic (exact) mass is 242 g/mol. The van der Waals surface area contributed by atoms with Crippen LogP contribution in [0, 0.1) is 5.92 Å². The zero-order valence-corrected chi connectivity index (χ0v) is 11.0. The Morgan fingerprint density at radius 3 is 2.78 bits per heavy atom. The quantitative estimate of drug-likeness (QED) is 0.842. The van der Waals surface area contributed by atoms with Crippen molar-refractivity contribution < 1.29 is 0 Å². The predicted molar refractivity (Wildman–Crippen MR) is 75.6 cm³/mol. The van der Waals surface area contributed by atoms with Gasteiger partial charge in [0.1, 0.15) is 5.82 Å². The molecule has 1 saturated carbocycles. The molecule has 0 unspecified atom stereocenters. The average molecular weight is 242 g/mol. The number of aromatic nitrogens is 2. The first kappa shape index (κ1) is 11.8. The maximum atomic E-state index is 4.64. The van der Waals surface area contributed by atoms with E-state index in [1.54, 1.807) is 0 Å². The van der Waals surface area contributed by atoms with Crippen molar-refractivity contribution in [1.82, 2.24) is 9.97 Å². The van der Waals surface area contributed by atoms with E-state index in [2.05, 4.69) is 34.2 Å². The fraction of sp³-hybridized carbons (Fsp3) is 0.562. The number of imidazole rings is 1. The van der Waals surface area contributed by atoms with E-state index in [9.17, 15) is 0 Å². The number of aryl methyl sites for hydroxylation is 1. The molecule has 0 atom stereocenters. The van der Waals surface area contributed by atoms with Crippen molar-refractivity contribution in [3.63, 3.8) is 0 Å². The number of aromatic amines is 1. The van der Waals surface area contributed by atoms with E-state index in [0.29, 0.717) is 0 Å². The second-order valence-corrected chi connectivity index (χ2v) is 5.60. The summed E-state index contributed by atoms with van der Waals surface area (Å²) in [4.78, 5) is 8.06. The van der Waals surface area contributed by atoms with Gasteiger partial charge in [-0.05, 0) is 24.5 Å². The van der Waals surface area contributed by atoms with Crippen LogP contribution in [0.3, 0.4) is 0 Å². The van der Waals surface area contributed by atoms with Gasteiger partial charge >= 0.3 is 0 Å². The number of hydrogen-bond donors (Lipinski definition) is 1. The molecule has 0 amide bonds. The third-order valence-electron chi connectivity index (χ3n) is 4.19. The summed E-state index contributed by atoms with van der Waals surface area (Å²) in [6, 6.07) is 8.30. The molecular formula is C16H22N2. The molecule has 0 saturated heterocycles. The lowest BCUT2D eigenvalue weighted by Crippen LogP contribution is -2.06. The maximum Gasteiger partial charge on any atom is 0.107 e. The maximum absolute atomic E-state index is 4.64. The van der Waals surface area contributed by atoms with Crippen molar-refractivity contribution in [1.29, 1.82) is 0 Å². The zero-order chi connectivity index (χ0) is 12.2. The van der Waals surface area contributed by atoms with Gasteiger partial charge in [0.15, 0.2) is 0 Å². The molecule has 0 aliphatic heterocycles. The van der Waals surface area contributed by atoms with Crippen molar-refractivity contribution >= 4 is 11.0 Å². The van der Waals surface area contributed by atoms with Gasteiger partial charge in [0, 0.05) is 6.42 Å². The van der Waals surface area contributed by atoms with Crippen LogP contribution in [0.1, 0.15) is 50.8 Å². The molecule has 1 aromatic heterocycles. The summed E-state index contributed by atoms with van der Waals surface area (Å²) in [6.07, 6.45) is 11.1. The Balaban J connectivity index is 1.53. The molecule has 1 aliphatic rings. The highest BCUT2D eigenvalue weighted by molar-refractivity contribution is 5.74. The summed E-state index contributed by atoms with van der Waals surface area (Å²) in [5, 5.41) is 0. The van der Waals surface area contributed by atoms with Gasteiger partial charge in [0.05, 0.1) is 11.0 Å². The number of nitrogens with one attached hydrogen (secondary N) is 1. The van der Waals surface area contributed by atoms with Gasteiger partial charge in [0.25, 0.3) is 0 Å². The molecule has 2 nitrogen and oxygen atoms in total. The van der Waals surface area contributed by atoms with Crippen molar-refractivity contribution in [2.45, 2.75) is 51.4 Å². The summed E-state index contributed by atoms with van der Waals surface area (Å²) in [5.41, 5.74) is 2.27. The number of hydrogen-bond acceptors (Lipinski definition) is 1. The topological polar surface area (TPSA) is 28.7 Å². The molecule has 18 heavy (non-hydrogen) atoms. The molecule has 1 heterocycles. The standard InChI is InChI=1S/C16H22N2/c1-2-7-13(8-3-1)9-6-12-16-17-14-10-4-5-11-15(14)18-16/h4-5,10-11,13H,1-3,6-9,12H2,(H,17,18). The highest BCUT2D eigenvalue weighted by Gasteiger charge is 2.13. The van der Waals surface area contributed by atoms with Crippen LogP contribution in [0.2, 0.25) is 0 Å². The Bertz CT molecular complexity index is 462. The van der Waals surface area contributed by atoms with E-state index < -0.39 is 0 Å². The van der Waals surface area contributed by atoms with E-state index >= 15 is 0 Å². The van der Waals surface area contributed by atoms with Gasteiger partial charge in [-0.25, -0.2) is 4.98 Å². The zero-order valence-electron chi connectivity index (χ0n) is 11.0. The Labute approximate surface area is 109 Å². The Morgan fingerprint density at radius 2 is 1.94 bits per heavy atom. The van der Waals surface area contributed by atoms with E-state index in [-0.39, 0.29) is 0 Å². The third-order valence-corrected chi connectivity index (χ3v) is 4.19. The molecule has 0 spiro atoms. The third kappa shape index (κ3) is 2.74. The van der Waals surface area contributed by atoms with Crippen LogP contribution in [0.5, 0.6) is 0 Å². The SMILES string of the molecule is c1ccc2[nH]c(CCCC3CCCCC3)nc2c1. The van der Waals surface area contributed by atoms with Gasteiger partial charge in [-0.2, -0.15) is 0 Å². The van der Waals surface area contributed by atoms with E-state index in [4.69, 9.17) is 0 Å². The van der Waals surface area contributed by atoms with Crippen molar-refractivity contribution in [2.75, 3.05) is 0 Å². The lowest BCUT2D eigenvalue weighted by atomic mass is 9.86. The minimum absolute atomic E-state index is 0.989. The molecule has 0 bridgehead atoms. The van der Waals surface area contributed by atoms with Crippen LogP contribution < -0.4 is 0 Å². The van der Waals surface area contributed by atoms with E-state index in [0.717, 1.165) is 23.7 Å². The van der Waals surface area contributed by atoms with Crippen molar-refractivity contribution in [2.24, 2.45) is 5.92 Å². The molecule has 96 valence electrons. The number of H-pyrrole nitrogens is 1. The Hall–Kier alpha value is -1.31. The summed E-state index contributed by atoms with van der Waals surface area (Å²) in [5.74, 6) is 2.15. The van der Waals surface area contributed by atoms with Gasteiger partial charge in [-0.1, -0.05) is 50.7 Å². The summed E-state index contributed by atoms with van der Waals surface area (Å²) >= 11 is 0. The molecule has 3 rings (SSSR count). The highest BCUT2D eigenvalue weighted by Crippen LogP contribution is 2.27. The molecule has 1 aromatic carbocycles. The van der Waals surface area contributed by atoms with Gasteiger partial charge < -0.3 is 4.98 Å². The lowest BCUT2D eigenvalue weighted by molar-refractivity contribution is 0.332. The second kappa shape index (κ2) is 5.55. The molecule has 0 radical (unpaired) electrons. The van der Waals surface area contributed by atoms with Crippen molar-refractivity contribution in [3.05, 3.63) is 30.1 Å². The minimum Gasteiger partial charge on any atom is -0.342 e. The molecule has 1 aliphatic carbocycles. The fourth-order valence-electron chi connectivity index (χ4n) is 3.16. The van der Waals surface area contributed by atoms with E-state index in [1.165, 1.54) is 50.5 Å². The summed E-state index contributed by atoms with van der Waals surface area (Å²) < 4.78 is 0. The molecule has 2 heteroatoms. The molecule has 1 N–H and O–H groups in total. The first-order valence-electron chi connectivity index (χ1n) is 7.35. The fourth-order valence-corrected chi connectivity index (χ4v) is 3.16. The largest absolute Gasteiger partial charge is 0.342 e. The number of para-hydroxylation sites is 2. The van der Waals surface area contributed by atoms with Crippen LogP contribution in [0.15, 0.2) is 24.3 Å². The molecule has 2 aromatic rings. The van der Waals surface area contributed by atoms with Crippen LogP contribution in [-0.2, 0) is 6.42 Å². The normalized spacial score (nSPS) is 17.3. The van der Waals surface area contributed by atoms with Gasteiger partial charge in [-0.15, -0.1) is 0 Å². The second-order valence-electron chi connectivity index (χ2n) is 5.60. The minimum atomic E-state index is 0.989. The number of rotatable bonds is 4. The highest BCUT2D eigenvalue weighted by atomic mass is 14.9. The predicted octanol–water partition coefficient (Wildman–Crippen LogP) is 4.47. The van der Waals surface area contributed by atoms with Gasteiger partial charge in [-0.3, -0.25) is 0 Å². The Morgan fingerprint density at radius 1 is 1.11 bits per heavy atom. The van der Waals surface area contributed by atoms with Crippen LogP contribution in [0.25, 0.3) is 11.0 Å². The average Bonchev–Trinajstić information content (AvgIpc) is 2.82. The van der Waals surface area contributed by atoms with Crippen LogP contribution in [-0.4, -0.2) is 9.97 Å². The first-order valence-corrected chi connectivity index (χ1v) is 7.35. The van der Waals surface area contributed by atoms with E-state index in [1.807, 2.05) is 0 Å². The van der Waals surface area contributed by atoms with Crippen LogP contribution >= 0.6 is 0 Å². The number of benzene rings is 1. The summed E-state index contributed by atoms with van der Waals surface area (Å²) in [7, 11) is 0. The lowest BCUT2D eigenvalue weighted by Gasteiger charge is -2.20. The Kier molecular flexibility index (Phi) is 3.63. The van der Waals surface area contributed by atoms with Gasteiger partial charge in [0.2, 0.25) is 0 Å². The molecular weight excluding hydrogens is 220 g/mol. The number of fused-ring (bicyclic) bond motifs is 1. The smallest absolute Gasteiger partial charge is 0.107 e.